The van der Waals surface area contributed by atoms with Crippen molar-refractivity contribution in [2.75, 3.05) is 25.9 Å². The average molecular weight is 499 g/mol. The molecule has 1 atom stereocenters. The summed E-state index contributed by atoms with van der Waals surface area (Å²) in [5, 5.41) is 12.5. The lowest BCUT2D eigenvalue weighted by atomic mass is 9.95. The van der Waals surface area contributed by atoms with Crippen LogP contribution >= 0.6 is 0 Å². The van der Waals surface area contributed by atoms with E-state index in [2.05, 4.69) is 38.1 Å². The van der Waals surface area contributed by atoms with Gasteiger partial charge in [0.1, 0.15) is 11.8 Å². The molecule has 4 aromatic rings. The SMILES string of the molecule is CN1CCCC(NC(=O)c2cccc(-c3cc(-c4ccnn4C4CCCCC4)c4c(N)ncnn34)c2)C1. The molecular formula is C28H34N8O. The van der Waals surface area contributed by atoms with E-state index in [1.165, 1.54) is 25.6 Å². The largest absolute Gasteiger partial charge is 0.382 e. The van der Waals surface area contributed by atoms with E-state index in [9.17, 15) is 4.79 Å². The standard InChI is InChI=1S/C28H34N8O/c1-34-14-6-9-21(17-34)33-28(37)20-8-5-7-19(15-20)25-16-23(26-27(29)30-18-32-36(25)26)24-12-13-31-35(24)22-10-3-2-4-11-22/h5,7-8,12-13,15-16,18,21-22H,2-4,6,9-11,14,17H2,1H3,(H,33,37)(H2,29,30,32). The van der Waals surface area contributed by atoms with Gasteiger partial charge < -0.3 is 16.0 Å². The van der Waals surface area contributed by atoms with E-state index in [0.29, 0.717) is 17.4 Å². The molecule has 1 unspecified atom stereocenters. The highest BCUT2D eigenvalue weighted by atomic mass is 16.1. The number of hydrogen-bond acceptors (Lipinski definition) is 6. The number of likely N-dealkylation sites (N-methyl/N-ethyl adjacent to an activating group) is 1. The lowest BCUT2D eigenvalue weighted by Crippen LogP contribution is -2.46. The van der Waals surface area contributed by atoms with Crippen molar-refractivity contribution in [3.63, 3.8) is 0 Å². The van der Waals surface area contributed by atoms with Crippen molar-refractivity contribution in [2.24, 2.45) is 0 Å². The number of benzene rings is 1. The van der Waals surface area contributed by atoms with Crippen molar-refractivity contribution in [3.8, 4) is 22.5 Å². The maximum atomic E-state index is 13.1. The molecule has 3 N–H and O–H groups in total. The molecule has 1 aliphatic heterocycles. The van der Waals surface area contributed by atoms with Crippen LogP contribution in [0.4, 0.5) is 5.82 Å². The first-order chi connectivity index (χ1) is 18.1. The van der Waals surface area contributed by atoms with E-state index in [4.69, 9.17) is 10.8 Å². The van der Waals surface area contributed by atoms with E-state index in [-0.39, 0.29) is 11.9 Å². The number of aromatic nitrogens is 5. The molecule has 9 heteroatoms. The Morgan fingerprint density at radius 2 is 1.89 bits per heavy atom. The molecule has 2 fully saturated rings. The van der Waals surface area contributed by atoms with E-state index in [1.807, 2.05) is 41.0 Å². The first kappa shape index (κ1) is 23.7. The van der Waals surface area contributed by atoms with E-state index >= 15 is 0 Å². The monoisotopic (exact) mass is 498 g/mol. The van der Waals surface area contributed by atoms with Crippen LogP contribution in [0.2, 0.25) is 0 Å². The quantitative estimate of drug-likeness (QED) is 0.428. The van der Waals surface area contributed by atoms with Crippen molar-refractivity contribution in [1.82, 2.24) is 34.6 Å². The Morgan fingerprint density at radius 3 is 2.73 bits per heavy atom. The van der Waals surface area contributed by atoms with Gasteiger partial charge in [-0.2, -0.15) is 10.2 Å². The van der Waals surface area contributed by atoms with Gasteiger partial charge in [-0.05, 0) is 63.5 Å². The highest BCUT2D eigenvalue weighted by Crippen LogP contribution is 2.38. The number of piperidine rings is 1. The fourth-order valence-corrected chi connectivity index (χ4v) is 5.99. The minimum atomic E-state index is -0.0484. The zero-order valence-electron chi connectivity index (χ0n) is 21.3. The first-order valence-electron chi connectivity index (χ1n) is 13.3. The number of fused-ring (bicyclic) bond motifs is 1. The van der Waals surface area contributed by atoms with Gasteiger partial charge in [-0.15, -0.1) is 0 Å². The number of rotatable bonds is 5. The Hall–Kier alpha value is -3.72. The van der Waals surface area contributed by atoms with Crippen molar-refractivity contribution in [3.05, 3.63) is 54.5 Å². The molecule has 0 radical (unpaired) electrons. The van der Waals surface area contributed by atoms with Gasteiger partial charge in [0.15, 0.2) is 5.82 Å². The molecule has 6 rings (SSSR count). The van der Waals surface area contributed by atoms with Crippen LogP contribution in [0.25, 0.3) is 28.0 Å². The number of carbonyl (C=O) groups excluding carboxylic acids is 1. The van der Waals surface area contributed by atoms with Crippen molar-refractivity contribution >= 4 is 17.2 Å². The highest BCUT2D eigenvalue weighted by molar-refractivity contribution is 5.96. The number of nitrogens with one attached hydrogen (secondary N) is 1. The molecule has 1 aromatic carbocycles. The smallest absolute Gasteiger partial charge is 0.251 e. The van der Waals surface area contributed by atoms with Crippen molar-refractivity contribution < 1.29 is 4.79 Å². The Morgan fingerprint density at radius 1 is 1.03 bits per heavy atom. The molecule has 4 heterocycles. The third-order valence-electron chi connectivity index (χ3n) is 7.83. The molecule has 1 amide bonds. The maximum absolute atomic E-state index is 13.1. The van der Waals surface area contributed by atoms with Gasteiger partial charge in [0.25, 0.3) is 5.91 Å². The van der Waals surface area contributed by atoms with Gasteiger partial charge in [-0.25, -0.2) is 9.50 Å². The summed E-state index contributed by atoms with van der Waals surface area (Å²) in [6.07, 6.45) is 11.4. The maximum Gasteiger partial charge on any atom is 0.251 e. The molecule has 9 nitrogen and oxygen atoms in total. The molecule has 2 aliphatic rings. The summed E-state index contributed by atoms with van der Waals surface area (Å²) in [7, 11) is 2.10. The molecule has 3 aromatic heterocycles. The predicted octanol–water partition coefficient (Wildman–Crippen LogP) is 4.17. The summed E-state index contributed by atoms with van der Waals surface area (Å²) in [5.74, 6) is 0.371. The average Bonchev–Trinajstić information content (AvgIpc) is 3.55. The van der Waals surface area contributed by atoms with Gasteiger partial charge in [0.2, 0.25) is 0 Å². The van der Waals surface area contributed by atoms with Crippen molar-refractivity contribution in [1.29, 1.82) is 0 Å². The van der Waals surface area contributed by atoms with Crippen LogP contribution in [-0.4, -0.2) is 61.4 Å². The summed E-state index contributed by atoms with van der Waals surface area (Å²) in [4.78, 5) is 19.7. The molecule has 1 aliphatic carbocycles. The summed E-state index contributed by atoms with van der Waals surface area (Å²) in [5.41, 5.74) is 11.5. The fraction of sp³-hybridized carbons (Fsp3) is 0.429. The topological polar surface area (TPSA) is 106 Å². The van der Waals surface area contributed by atoms with Gasteiger partial charge in [0, 0.05) is 35.5 Å². The number of nitrogens with two attached hydrogens (primary N) is 1. The zero-order valence-corrected chi connectivity index (χ0v) is 21.3. The van der Waals surface area contributed by atoms with Crippen LogP contribution in [0.1, 0.15) is 61.3 Å². The normalized spacial score (nSPS) is 19.3. The van der Waals surface area contributed by atoms with Gasteiger partial charge in [0.05, 0.1) is 17.4 Å². The molecule has 192 valence electrons. The van der Waals surface area contributed by atoms with Crippen LogP contribution in [0, 0.1) is 0 Å². The third-order valence-corrected chi connectivity index (χ3v) is 7.83. The molecule has 1 saturated heterocycles. The number of amides is 1. The molecule has 0 bridgehead atoms. The summed E-state index contributed by atoms with van der Waals surface area (Å²) in [6, 6.07) is 12.4. The Balaban J connectivity index is 1.38. The summed E-state index contributed by atoms with van der Waals surface area (Å²) in [6.45, 7) is 1.96. The fourth-order valence-electron chi connectivity index (χ4n) is 5.99. The first-order valence-corrected chi connectivity index (χ1v) is 13.3. The van der Waals surface area contributed by atoms with Crippen LogP contribution < -0.4 is 11.1 Å². The third kappa shape index (κ3) is 4.59. The van der Waals surface area contributed by atoms with Crippen LogP contribution in [0.5, 0.6) is 0 Å². The number of nitrogen functional groups attached to an aromatic ring is 1. The van der Waals surface area contributed by atoms with Gasteiger partial charge >= 0.3 is 0 Å². The van der Waals surface area contributed by atoms with Crippen LogP contribution in [-0.2, 0) is 0 Å². The Kier molecular flexibility index (Phi) is 6.38. The number of likely N-dealkylation sites (tertiary alicyclic amines) is 1. The molecule has 37 heavy (non-hydrogen) atoms. The zero-order chi connectivity index (χ0) is 25.4. The second-order valence-corrected chi connectivity index (χ2v) is 10.5. The van der Waals surface area contributed by atoms with E-state index in [0.717, 1.165) is 66.8 Å². The van der Waals surface area contributed by atoms with Crippen molar-refractivity contribution in [2.45, 2.75) is 57.0 Å². The Labute approximate surface area is 216 Å². The minimum Gasteiger partial charge on any atom is -0.382 e. The molecular weight excluding hydrogens is 464 g/mol. The van der Waals surface area contributed by atoms with E-state index in [1.54, 1.807) is 0 Å². The summed E-state index contributed by atoms with van der Waals surface area (Å²) >= 11 is 0. The summed E-state index contributed by atoms with van der Waals surface area (Å²) < 4.78 is 3.98. The second kappa shape index (κ2) is 9.97. The highest BCUT2D eigenvalue weighted by Gasteiger charge is 2.24. The lowest BCUT2D eigenvalue weighted by Gasteiger charge is -2.30. The predicted molar refractivity (Wildman–Crippen MR) is 144 cm³/mol. The number of carbonyl (C=O) groups is 1. The lowest BCUT2D eigenvalue weighted by molar-refractivity contribution is 0.0912. The number of hydrogen-bond donors (Lipinski definition) is 2. The van der Waals surface area contributed by atoms with E-state index < -0.39 is 0 Å². The van der Waals surface area contributed by atoms with Gasteiger partial charge in [-0.3, -0.25) is 9.48 Å². The van der Waals surface area contributed by atoms with Gasteiger partial charge in [-0.1, -0.05) is 31.4 Å². The van der Waals surface area contributed by atoms with Crippen LogP contribution in [0.15, 0.2) is 48.9 Å². The number of anilines is 1. The Bertz CT molecular complexity index is 1420. The number of nitrogens with zero attached hydrogens (tertiary/aromatic N) is 6. The molecule has 1 saturated carbocycles. The van der Waals surface area contributed by atoms with Crippen LogP contribution in [0.3, 0.4) is 0 Å². The molecule has 0 spiro atoms. The minimum absolute atomic E-state index is 0.0484. The second-order valence-electron chi connectivity index (χ2n) is 10.5.